The van der Waals surface area contributed by atoms with Crippen LogP contribution in [0.5, 0.6) is 0 Å². The second kappa shape index (κ2) is 7.76. The normalized spacial score (nSPS) is 50.8. The lowest BCUT2D eigenvalue weighted by Crippen LogP contribution is -2.43. The average Bonchev–Trinajstić information content (AvgIpc) is 3.27. The van der Waals surface area contributed by atoms with Gasteiger partial charge in [0.1, 0.15) is 0 Å². The molecule has 144 valence electrons. The first-order valence-corrected chi connectivity index (χ1v) is 9.65. The van der Waals surface area contributed by atoms with Gasteiger partial charge in [-0.15, -0.1) is 0 Å². The van der Waals surface area contributed by atoms with Gasteiger partial charge in [0.2, 0.25) is 0 Å². The van der Waals surface area contributed by atoms with Crippen molar-refractivity contribution in [2.45, 2.75) is 75.5 Å². The number of hydrogen-bond acceptors (Lipinski definition) is 7. The zero-order valence-electron chi connectivity index (χ0n) is 14.5. The number of hydrogen-bond donors (Lipinski definition) is 3. The highest BCUT2D eigenvalue weighted by atomic mass is 16.7. The minimum absolute atomic E-state index is 0.0106. The van der Waals surface area contributed by atoms with E-state index >= 15 is 0 Å². The molecule has 4 rings (SSSR count). The Bertz CT molecular complexity index is 439. The van der Waals surface area contributed by atoms with Crippen molar-refractivity contribution < 1.29 is 34.3 Å². The molecule has 25 heavy (non-hydrogen) atoms. The van der Waals surface area contributed by atoms with E-state index in [1.54, 1.807) is 0 Å². The van der Waals surface area contributed by atoms with Gasteiger partial charge in [0.05, 0.1) is 44.2 Å². The fourth-order valence-corrected chi connectivity index (χ4v) is 4.71. The van der Waals surface area contributed by atoms with Crippen molar-refractivity contribution in [3.8, 4) is 0 Å². The molecule has 3 heterocycles. The number of aliphatic hydroxyl groups excluding tert-OH is 3. The van der Waals surface area contributed by atoms with Gasteiger partial charge in [-0.3, -0.25) is 0 Å². The molecule has 0 amide bonds. The molecule has 9 atom stereocenters. The molecule has 4 aliphatic rings. The average molecular weight is 358 g/mol. The number of rotatable bonds is 5. The Balaban J connectivity index is 1.27. The smallest absolute Gasteiger partial charge is 0.158 e. The first-order valence-electron chi connectivity index (χ1n) is 9.65. The van der Waals surface area contributed by atoms with Gasteiger partial charge in [-0.1, -0.05) is 0 Å². The van der Waals surface area contributed by atoms with Crippen molar-refractivity contribution in [2.24, 2.45) is 17.8 Å². The summed E-state index contributed by atoms with van der Waals surface area (Å²) in [5, 5.41) is 29.0. The standard InChI is InChI=1S/C18H30O7/c19-7-10-1-3-16(24-10)14-5-12(14)13-6-18(23-9-15(13)20)25-11-2-4-17(21)22-8-11/h10-21H,1-9H2/t10?,11?,12?,13?,14-,15?,16?,17?,18?/m0/s1. The molecule has 0 spiro atoms. The van der Waals surface area contributed by atoms with Crippen molar-refractivity contribution in [3.63, 3.8) is 0 Å². The van der Waals surface area contributed by atoms with Crippen LogP contribution >= 0.6 is 0 Å². The van der Waals surface area contributed by atoms with E-state index in [4.69, 9.17) is 18.9 Å². The van der Waals surface area contributed by atoms with E-state index in [0.29, 0.717) is 37.9 Å². The maximum Gasteiger partial charge on any atom is 0.158 e. The molecule has 0 aromatic carbocycles. The quantitative estimate of drug-likeness (QED) is 0.654. The molecule has 0 aromatic heterocycles. The molecule has 3 saturated heterocycles. The summed E-state index contributed by atoms with van der Waals surface area (Å²) in [7, 11) is 0. The highest BCUT2D eigenvalue weighted by molar-refractivity contribution is 5.00. The summed E-state index contributed by atoms with van der Waals surface area (Å²) in [4.78, 5) is 0. The third-order valence-corrected chi connectivity index (χ3v) is 6.23. The van der Waals surface area contributed by atoms with Gasteiger partial charge in [-0.2, -0.15) is 0 Å². The Morgan fingerprint density at radius 2 is 1.76 bits per heavy atom. The molecule has 4 fully saturated rings. The Labute approximate surface area is 148 Å². The SMILES string of the molecule is OCC1CCC([C@H]2CC2C2CC(OC3CCC(O)OC3)OCC2O)O1. The van der Waals surface area contributed by atoms with E-state index in [1.807, 2.05) is 0 Å². The number of ether oxygens (including phenoxy) is 4. The van der Waals surface area contributed by atoms with Crippen LogP contribution in [-0.2, 0) is 18.9 Å². The van der Waals surface area contributed by atoms with E-state index in [1.165, 1.54) is 0 Å². The van der Waals surface area contributed by atoms with E-state index in [-0.39, 0.29) is 37.1 Å². The monoisotopic (exact) mass is 358 g/mol. The molecule has 1 aliphatic carbocycles. The molecule has 0 aromatic rings. The lowest BCUT2D eigenvalue weighted by atomic mass is 9.89. The van der Waals surface area contributed by atoms with Gasteiger partial charge in [0, 0.05) is 12.8 Å². The molecule has 7 heteroatoms. The molecular weight excluding hydrogens is 328 g/mol. The van der Waals surface area contributed by atoms with Crippen LogP contribution in [0.4, 0.5) is 0 Å². The Kier molecular flexibility index (Phi) is 5.62. The zero-order chi connectivity index (χ0) is 17.4. The summed E-state index contributed by atoms with van der Waals surface area (Å²) in [6, 6.07) is 0. The van der Waals surface area contributed by atoms with Crippen LogP contribution in [0, 0.1) is 17.8 Å². The Hall–Kier alpha value is -0.280. The Morgan fingerprint density at radius 3 is 2.48 bits per heavy atom. The third kappa shape index (κ3) is 4.18. The van der Waals surface area contributed by atoms with Crippen LogP contribution in [0.25, 0.3) is 0 Å². The van der Waals surface area contributed by atoms with E-state index in [9.17, 15) is 15.3 Å². The Morgan fingerprint density at radius 1 is 0.880 bits per heavy atom. The summed E-state index contributed by atoms with van der Waals surface area (Å²) in [6.07, 6.45) is 3.78. The molecule has 0 bridgehead atoms. The van der Waals surface area contributed by atoms with Crippen LogP contribution in [-0.4, -0.2) is 72.1 Å². The van der Waals surface area contributed by atoms with Crippen molar-refractivity contribution in [1.82, 2.24) is 0 Å². The molecule has 7 nitrogen and oxygen atoms in total. The van der Waals surface area contributed by atoms with E-state index in [0.717, 1.165) is 25.7 Å². The fourth-order valence-electron chi connectivity index (χ4n) is 4.71. The maximum absolute atomic E-state index is 10.4. The predicted molar refractivity (Wildman–Crippen MR) is 86.5 cm³/mol. The molecule has 8 unspecified atom stereocenters. The van der Waals surface area contributed by atoms with Crippen molar-refractivity contribution >= 4 is 0 Å². The summed E-state index contributed by atoms with van der Waals surface area (Å²) in [5.41, 5.74) is 0. The fraction of sp³-hybridized carbons (Fsp3) is 1.00. The van der Waals surface area contributed by atoms with Crippen LogP contribution in [0.15, 0.2) is 0 Å². The van der Waals surface area contributed by atoms with Crippen LogP contribution in [0.2, 0.25) is 0 Å². The van der Waals surface area contributed by atoms with Gasteiger partial charge >= 0.3 is 0 Å². The van der Waals surface area contributed by atoms with Crippen molar-refractivity contribution in [2.75, 3.05) is 19.8 Å². The van der Waals surface area contributed by atoms with Crippen LogP contribution < -0.4 is 0 Å². The van der Waals surface area contributed by atoms with Crippen molar-refractivity contribution in [3.05, 3.63) is 0 Å². The molecule has 0 radical (unpaired) electrons. The summed E-state index contributed by atoms with van der Waals surface area (Å²) in [5.74, 6) is 1.12. The zero-order valence-corrected chi connectivity index (χ0v) is 14.5. The van der Waals surface area contributed by atoms with E-state index < -0.39 is 12.4 Å². The minimum atomic E-state index is -0.678. The minimum Gasteiger partial charge on any atom is -0.394 e. The molecule has 3 N–H and O–H groups in total. The first kappa shape index (κ1) is 18.1. The van der Waals surface area contributed by atoms with Gasteiger partial charge in [0.25, 0.3) is 0 Å². The second-order valence-electron chi connectivity index (χ2n) is 7.97. The molecule has 3 aliphatic heterocycles. The van der Waals surface area contributed by atoms with Gasteiger partial charge < -0.3 is 34.3 Å². The maximum atomic E-state index is 10.4. The highest BCUT2D eigenvalue weighted by Gasteiger charge is 2.53. The lowest BCUT2D eigenvalue weighted by Gasteiger charge is -2.37. The van der Waals surface area contributed by atoms with Gasteiger partial charge in [0.15, 0.2) is 12.6 Å². The predicted octanol–water partition coefficient (Wildman–Crippen LogP) is 0.400. The molecular formula is C18H30O7. The summed E-state index contributed by atoms with van der Waals surface area (Å²) < 4.78 is 22.8. The second-order valence-corrected chi connectivity index (χ2v) is 7.97. The van der Waals surface area contributed by atoms with Crippen LogP contribution in [0.3, 0.4) is 0 Å². The summed E-state index contributed by atoms with van der Waals surface area (Å²) in [6.45, 7) is 0.792. The number of aliphatic hydroxyl groups is 3. The van der Waals surface area contributed by atoms with E-state index in [2.05, 4.69) is 0 Å². The topological polar surface area (TPSA) is 97.6 Å². The largest absolute Gasteiger partial charge is 0.394 e. The van der Waals surface area contributed by atoms with Gasteiger partial charge in [-0.25, -0.2) is 0 Å². The van der Waals surface area contributed by atoms with Crippen LogP contribution in [0.1, 0.15) is 38.5 Å². The third-order valence-electron chi connectivity index (χ3n) is 6.23. The summed E-state index contributed by atoms with van der Waals surface area (Å²) >= 11 is 0. The lowest BCUT2D eigenvalue weighted by molar-refractivity contribution is -0.252. The molecule has 1 saturated carbocycles. The first-order chi connectivity index (χ1) is 12.1. The highest BCUT2D eigenvalue weighted by Crippen LogP contribution is 2.53. The van der Waals surface area contributed by atoms with Crippen molar-refractivity contribution in [1.29, 1.82) is 0 Å². The van der Waals surface area contributed by atoms with Gasteiger partial charge in [-0.05, 0) is 43.4 Å².